The Balaban J connectivity index is 2.08. The maximum Gasteiger partial charge on any atom is 0.121 e. The van der Waals surface area contributed by atoms with Crippen molar-refractivity contribution in [2.75, 3.05) is 13.0 Å². The Morgan fingerprint density at radius 1 is 1.24 bits per heavy atom. The van der Waals surface area contributed by atoms with E-state index >= 15 is 0 Å². The summed E-state index contributed by atoms with van der Waals surface area (Å²) in [6.45, 7) is 0. The van der Waals surface area contributed by atoms with E-state index in [2.05, 4.69) is 16.7 Å². The van der Waals surface area contributed by atoms with Crippen molar-refractivity contribution in [2.45, 2.75) is 51.0 Å². The van der Waals surface area contributed by atoms with Crippen LogP contribution in [0.25, 0.3) is 11.0 Å². The minimum absolute atomic E-state index is 0.558. The van der Waals surface area contributed by atoms with Gasteiger partial charge in [0.05, 0.1) is 18.1 Å². The van der Waals surface area contributed by atoms with Crippen molar-refractivity contribution >= 4 is 22.6 Å². The van der Waals surface area contributed by atoms with E-state index in [4.69, 9.17) is 21.3 Å². The van der Waals surface area contributed by atoms with Crippen molar-refractivity contribution in [2.24, 2.45) is 0 Å². The number of imidazole rings is 1. The smallest absolute Gasteiger partial charge is 0.121 e. The number of rotatable bonds is 4. The summed E-state index contributed by atoms with van der Waals surface area (Å²) in [5.41, 5.74) is 2.25. The third-order valence-electron chi connectivity index (χ3n) is 4.48. The van der Waals surface area contributed by atoms with Crippen molar-refractivity contribution in [3.05, 3.63) is 24.0 Å². The largest absolute Gasteiger partial charge is 0.497 e. The van der Waals surface area contributed by atoms with Gasteiger partial charge in [-0.1, -0.05) is 25.7 Å². The number of methoxy groups -OCH3 is 1. The predicted molar refractivity (Wildman–Crippen MR) is 87.4 cm³/mol. The zero-order chi connectivity index (χ0) is 14.7. The number of fused-ring (bicyclic) bond motifs is 1. The lowest BCUT2D eigenvalue weighted by molar-refractivity contribution is 0.414. The Morgan fingerprint density at radius 2 is 2.00 bits per heavy atom. The highest BCUT2D eigenvalue weighted by atomic mass is 35.5. The van der Waals surface area contributed by atoms with E-state index in [1.165, 1.54) is 44.0 Å². The lowest BCUT2D eigenvalue weighted by atomic mass is 10.1. The molecule has 0 aliphatic heterocycles. The van der Waals surface area contributed by atoms with Gasteiger partial charge < -0.3 is 9.30 Å². The summed E-state index contributed by atoms with van der Waals surface area (Å²) in [6.07, 6.45) is 8.67. The van der Waals surface area contributed by atoms with Crippen molar-refractivity contribution in [1.82, 2.24) is 9.55 Å². The molecule has 1 saturated carbocycles. The van der Waals surface area contributed by atoms with Crippen LogP contribution in [0, 0.1) is 0 Å². The van der Waals surface area contributed by atoms with Crippen molar-refractivity contribution in [3.63, 3.8) is 0 Å². The van der Waals surface area contributed by atoms with Crippen LogP contribution in [-0.2, 0) is 6.42 Å². The Hall–Kier alpha value is -1.22. The van der Waals surface area contributed by atoms with Gasteiger partial charge in [-0.2, -0.15) is 0 Å². The van der Waals surface area contributed by atoms with E-state index in [9.17, 15) is 0 Å². The normalized spacial score (nSPS) is 17.0. The molecule has 1 aliphatic rings. The van der Waals surface area contributed by atoms with Crippen molar-refractivity contribution in [1.29, 1.82) is 0 Å². The summed E-state index contributed by atoms with van der Waals surface area (Å²) in [5, 5.41) is 0. The summed E-state index contributed by atoms with van der Waals surface area (Å²) < 4.78 is 7.83. The molecule has 0 bridgehead atoms. The van der Waals surface area contributed by atoms with Crippen LogP contribution in [0.5, 0.6) is 5.75 Å². The van der Waals surface area contributed by atoms with Gasteiger partial charge in [0.25, 0.3) is 0 Å². The third kappa shape index (κ3) is 3.03. The van der Waals surface area contributed by atoms with Gasteiger partial charge in [0.2, 0.25) is 0 Å². The molecule has 0 N–H and O–H groups in total. The first kappa shape index (κ1) is 14.7. The van der Waals surface area contributed by atoms with Gasteiger partial charge in [-0.25, -0.2) is 4.98 Å². The van der Waals surface area contributed by atoms with Crippen LogP contribution in [0.4, 0.5) is 0 Å². The second kappa shape index (κ2) is 6.69. The number of benzene rings is 1. The molecule has 2 aromatic rings. The average molecular weight is 307 g/mol. The maximum atomic E-state index is 5.99. The Kier molecular flexibility index (Phi) is 4.69. The molecule has 0 atom stereocenters. The standard InChI is InChI=1S/C17H23ClN2O/c1-21-14-8-9-15-16(12-14)20(17(19-15)10-11-18)13-6-4-2-3-5-7-13/h8-9,12-13H,2-7,10-11H2,1H3. The summed E-state index contributed by atoms with van der Waals surface area (Å²) in [6, 6.07) is 6.71. The van der Waals surface area contributed by atoms with E-state index in [1.807, 2.05) is 6.07 Å². The van der Waals surface area contributed by atoms with Gasteiger partial charge in [0.1, 0.15) is 11.6 Å². The molecule has 0 spiro atoms. The fraction of sp³-hybridized carbons (Fsp3) is 0.588. The number of hydrogen-bond donors (Lipinski definition) is 0. The minimum atomic E-state index is 0.558. The van der Waals surface area contributed by atoms with Crippen LogP contribution in [0.1, 0.15) is 50.4 Å². The van der Waals surface area contributed by atoms with E-state index in [0.717, 1.165) is 23.5 Å². The van der Waals surface area contributed by atoms with Crippen molar-refractivity contribution < 1.29 is 4.74 Å². The second-order valence-electron chi connectivity index (χ2n) is 5.84. The molecule has 1 aromatic carbocycles. The number of hydrogen-bond acceptors (Lipinski definition) is 2. The van der Waals surface area contributed by atoms with Gasteiger partial charge in [-0.15, -0.1) is 11.6 Å². The molecule has 21 heavy (non-hydrogen) atoms. The molecule has 0 amide bonds. The highest BCUT2D eigenvalue weighted by molar-refractivity contribution is 6.17. The molecule has 1 aromatic heterocycles. The molecule has 0 saturated heterocycles. The van der Waals surface area contributed by atoms with Crippen LogP contribution in [0.2, 0.25) is 0 Å². The van der Waals surface area contributed by atoms with Gasteiger partial charge in [0, 0.05) is 24.4 Å². The van der Waals surface area contributed by atoms with E-state index in [-0.39, 0.29) is 0 Å². The second-order valence-corrected chi connectivity index (χ2v) is 6.22. The highest BCUT2D eigenvalue weighted by Crippen LogP contribution is 2.33. The average Bonchev–Trinajstić information content (AvgIpc) is 2.68. The SMILES string of the molecule is COc1ccc2nc(CCCl)n(C3CCCCCC3)c2c1. The fourth-order valence-corrected chi connectivity index (χ4v) is 3.60. The van der Waals surface area contributed by atoms with Gasteiger partial charge in [-0.05, 0) is 25.0 Å². The maximum absolute atomic E-state index is 5.99. The van der Waals surface area contributed by atoms with Crippen LogP contribution in [0.15, 0.2) is 18.2 Å². The Bertz CT molecular complexity index is 600. The molecule has 3 nitrogen and oxygen atoms in total. The molecule has 1 fully saturated rings. The molecule has 4 heteroatoms. The van der Waals surface area contributed by atoms with Crippen molar-refractivity contribution in [3.8, 4) is 5.75 Å². The topological polar surface area (TPSA) is 27.1 Å². The molecular formula is C17H23ClN2O. The van der Waals surface area contributed by atoms with Gasteiger partial charge >= 0.3 is 0 Å². The molecular weight excluding hydrogens is 284 g/mol. The van der Waals surface area contributed by atoms with E-state index in [0.29, 0.717) is 11.9 Å². The summed E-state index contributed by atoms with van der Waals surface area (Å²) in [4.78, 5) is 4.81. The number of ether oxygens (including phenoxy) is 1. The van der Waals surface area contributed by atoms with Crippen LogP contribution >= 0.6 is 11.6 Å². The third-order valence-corrected chi connectivity index (χ3v) is 4.67. The number of aryl methyl sites for hydroxylation is 1. The van der Waals surface area contributed by atoms with E-state index in [1.54, 1.807) is 7.11 Å². The molecule has 114 valence electrons. The highest BCUT2D eigenvalue weighted by Gasteiger charge is 2.20. The summed E-state index contributed by atoms with van der Waals surface area (Å²) >= 11 is 5.99. The molecule has 3 rings (SSSR count). The van der Waals surface area contributed by atoms with E-state index < -0.39 is 0 Å². The van der Waals surface area contributed by atoms with Crippen LogP contribution in [0.3, 0.4) is 0 Å². The lowest BCUT2D eigenvalue weighted by Gasteiger charge is -2.20. The zero-order valence-corrected chi connectivity index (χ0v) is 13.4. The molecule has 0 unspecified atom stereocenters. The van der Waals surface area contributed by atoms with Gasteiger partial charge in [0.15, 0.2) is 0 Å². The minimum Gasteiger partial charge on any atom is -0.497 e. The number of nitrogens with zero attached hydrogens (tertiary/aromatic N) is 2. The first-order valence-electron chi connectivity index (χ1n) is 7.94. The zero-order valence-electron chi connectivity index (χ0n) is 12.6. The quantitative estimate of drug-likeness (QED) is 0.603. The number of halogens is 1. The molecule has 0 radical (unpaired) electrons. The molecule has 1 aliphatic carbocycles. The Morgan fingerprint density at radius 3 is 2.67 bits per heavy atom. The number of alkyl halides is 1. The predicted octanol–water partition coefficient (Wildman–Crippen LogP) is 4.72. The Labute approximate surface area is 131 Å². The summed E-state index contributed by atoms with van der Waals surface area (Å²) in [5.74, 6) is 2.64. The fourth-order valence-electron chi connectivity index (χ4n) is 3.43. The monoisotopic (exact) mass is 306 g/mol. The lowest BCUT2D eigenvalue weighted by Crippen LogP contribution is -2.12. The van der Waals surface area contributed by atoms with Crippen LogP contribution in [-0.4, -0.2) is 22.5 Å². The summed E-state index contributed by atoms with van der Waals surface area (Å²) in [7, 11) is 1.72. The molecule has 1 heterocycles. The first-order chi connectivity index (χ1) is 10.3. The van der Waals surface area contributed by atoms with Gasteiger partial charge in [-0.3, -0.25) is 0 Å². The first-order valence-corrected chi connectivity index (χ1v) is 8.47. The number of aromatic nitrogens is 2. The van der Waals surface area contributed by atoms with Crippen LogP contribution < -0.4 is 4.74 Å².